The zero-order valence-electron chi connectivity index (χ0n) is 10.9. The minimum absolute atomic E-state index is 0.134. The quantitative estimate of drug-likeness (QED) is 0.797. The molecule has 0 spiro atoms. The van der Waals surface area contributed by atoms with Gasteiger partial charge >= 0.3 is 5.97 Å². The van der Waals surface area contributed by atoms with Crippen molar-refractivity contribution in [2.75, 3.05) is 0 Å². The SMILES string of the molecule is CC(C)C(C(=O)O)C1CCC2CC1C2(C)C. The molecule has 0 radical (unpaired) electrons. The fourth-order valence-corrected chi connectivity index (χ4v) is 4.26. The van der Waals surface area contributed by atoms with Gasteiger partial charge in [-0.3, -0.25) is 4.79 Å². The number of aliphatic carboxylic acids is 1. The third-order valence-electron chi connectivity index (χ3n) is 5.38. The number of rotatable bonds is 3. The molecule has 92 valence electrons. The van der Waals surface area contributed by atoms with Crippen molar-refractivity contribution in [3.63, 3.8) is 0 Å². The van der Waals surface area contributed by atoms with Crippen LogP contribution in [0.15, 0.2) is 0 Å². The standard InChI is InChI=1S/C14H24O2/c1-8(2)12(13(15)16)10-6-5-9-7-11(10)14(9,3)4/h8-12H,5-7H2,1-4H3,(H,15,16). The summed E-state index contributed by atoms with van der Waals surface area (Å²) in [6, 6.07) is 0. The van der Waals surface area contributed by atoms with Gasteiger partial charge in [-0.2, -0.15) is 0 Å². The third-order valence-corrected chi connectivity index (χ3v) is 5.38. The highest BCUT2D eigenvalue weighted by Gasteiger charge is 2.56. The molecule has 3 rings (SSSR count). The second-order valence-electron chi connectivity index (χ2n) is 6.71. The topological polar surface area (TPSA) is 37.3 Å². The van der Waals surface area contributed by atoms with Crippen LogP contribution in [0.25, 0.3) is 0 Å². The molecule has 3 fully saturated rings. The third kappa shape index (κ3) is 1.57. The maximum Gasteiger partial charge on any atom is 0.307 e. The average Bonchev–Trinajstić information content (AvgIpc) is 2.16. The van der Waals surface area contributed by atoms with Gasteiger partial charge in [0.1, 0.15) is 0 Å². The van der Waals surface area contributed by atoms with Crippen LogP contribution in [-0.4, -0.2) is 11.1 Å². The second kappa shape index (κ2) is 3.75. The Morgan fingerprint density at radius 1 is 1.31 bits per heavy atom. The van der Waals surface area contributed by atoms with Crippen LogP contribution in [0.1, 0.15) is 47.0 Å². The van der Waals surface area contributed by atoms with Crippen LogP contribution in [0.3, 0.4) is 0 Å². The molecule has 0 heterocycles. The van der Waals surface area contributed by atoms with Crippen molar-refractivity contribution >= 4 is 5.97 Å². The lowest BCUT2D eigenvalue weighted by molar-refractivity contribution is -0.162. The predicted molar refractivity (Wildman–Crippen MR) is 64.1 cm³/mol. The molecule has 4 unspecified atom stereocenters. The first-order valence-corrected chi connectivity index (χ1v) is 6.58. The van der Waals surface area contributed by atoms with Gasteiger partial charge < -0.3 is 5.11 Å². The Bertz CT molecular complexity index is 291. The van der Waals surface area contributed by atoms with Crippen molar-refractivity contribution in [1.29, 1.82) is 0 Å². The maximum absolute atomic E-state index is 11.4. The van der Waals surface area contributed by atoms with E-state index in [0.717, 1.165) is 12.3 Å². The van der Waals surface area contributed by atoms with Crippen LogP contribution in [0.2, 0.25) is 0 Å². The average molecular weight is 224 g/mol. The Balaban J connectivity index is 2.17. The van der Waals surface area contributed by atoms with Gasteiger partial charge in [-0.1, -0.05) is 27.7 Å². The smallest absolute Gasteiger partial charge is 0.307 e. The second-order valence-corrected chi connectivity index (χ2v) is 6.71. The van der Waals surface area contributed by atoms with Crippen LogP contribution >= 0.6 is 0 Å². The van der Waals surface area contributed by atoms with Gasteiger partial charge in [0, 0.05) is 0 Å². The molecule has 0 amide bonds. The molecule has 2 bridgehead atoms. The highest BCUT2D eigenvalue weighted by molar-refractivity contribution is 5.70. The number of carboxylic acid groups (broad SMARTS) is 1. The van der Waals surface area contributed by atoms with Crippen LogP contribution in [-0.2, 0) is 4.79 Å². The summed E-state index contributed by atoms with van der Waals surface area (Å²) in [6.45, 7) is 8.77. The van der Waals surface area contributed by atoms with Gasteiger partial charge in [0.05, 0.1) is 5.92 Å². The first-order valence-electron chi connectivity index (χ1n) is 6.58. The molecule has 3 aliphatic rings. The van der Waals surface area contributed by atoms with Crippen LogP contribution in [0.4, 0.5) is 0 Å². The van der Waals surface area contributed by atoms with E-state index in [1.165, 1.54) is 12.8 Å². The van der Waals surface area contributed by atoms with Crippen LogP contribution in [0.5, 0.6) is 0 Å². The Morgan fingerprint density at radius 3 is 2.31 bits per heavy atom. The lowest BCUT2D eigenvalue weighted by Gasteiger charge is -2.61. The minimum atomic E-state index is -0.582. The lowest BCUT2D eigenvalue weighted by Crippen LogP contribution is -2.55. The Morgan fingerprint density at radius 2 is 1.94 bits per heavy atom. The lowest BCUT2D eigenvalue weighted by atomic mass is 9.43. The zero-order chi connectivity index (χ0) is 12.1. The summed E-state index contributed by atoms with van der Waals surface area (Å²) in [7, 11) is 0. The molecule has 3 aliphatic carbocycles. The molecule has 0 saturated heterocycles. The van der Waals surface area contributed by atoms with E-state index in [2.05, 4.69) is 27.7 Å². The molecule has 2 heteroatoms. The number of carboxylic acids is 1. The predicted octanol–water partition coefficient (Wildman–Crippen LogP) is 3.42. The summed E-state index contributed by atoms with van der Waals surface area (Å²) in [6.07, 6.45) is 3.65. The highest BCUT2D eigenvalue weighted by Crippen LogP contribution is 2.63. The van der Waals surface area contributed by atoms with Crippen molar-refractivity contribution in [3.8, 4) is 0 Å². The number of fused-ring (bicyclic) bond motifs is 2. The molecule has 1 N–H and O–H groups in total. The molecule has 3 saturated carbocycles. The van der Waals surface area contributed by atoms with E-state index in [4.69, 9.17) is 0 Å². The van der Waals surface area contributed by atoms with Crippen molar-refractivity contribution in [2.45, 2.75) is 47.0 Å². The Hall–Kier alpha value is -0.530. The summed E-state index contributed by atoms with van der Waals surface area (Å²) < 4.78 is 0. The summed E-state index contributed by atoms with van der Waals surface area (Å²) in [4.78, 5) is 11.4. The fraction of sp³-hybridized carbons (Fsp3) is 0.929. The first-order chi connectivity index (χ1) is 7.35. The normalized spacial score (nSPS) is 37.9. The van der Waals surface area contributed by atoms with E-state index < -0.39 is 5.97 Å². The largest absolute Gasteiger partial charge is 0.481 e. The van der Waals surface area contributed by atoms with E-state index in [0.29, 0.717) is 17.3 Å². The minimum Gasteiger partial charge on any atom is -0.481 e. The van der Waals surface area contributed by atoms with Gasteiger partial charge in [0.25, 0.3) is 0 Å². The van der Waals surface area contributed by atoms with Gasteiger partial charge in [0.2, 0.25) is 0 Å². The number of carbonyl (C=O) groups is 1. The fourth-order valence-electron chi connectivity index (χ4n) is 4.26. The van der Waals surface area contributed by atoms with Crippen LogP contribution in [0, 0.1) is 35.0 Å². The molecular weight excluding hydrogens is 200 g/mol. The highest BCUT2D eigenvalue weighted by atomic mass is 16.4. The summed E-state index contributed by atoms with van der Waals surface area (Å²) in [5, 5.41) is 9.40. The van der Waals surface area contributed by atoms with E-state index in [1.54, 1.807) is 0 Å². The van der Waals surface area contributed by atoms with Crippen molar-refractivity contribution in [2.24, 2.45) is 35.0 Å². The molecule has 16 heavy (non-hydrogen) atoms. The molecular formula is C14H24O2. The van der Waals surface area contributed by atoms with Gasteiger partial charge in [0.15, 0.2) is 0 Å². The van der Waals surface area contributed by atoms with Crippen LogP contribution < -0.4 is 0 Å². The Labute approximate surface area is 98.4 Å². The first kappa shape index (κ1) is 11.9. The van der Waals surface area contributed by atoms with E-state index in [1.807, 2.05) is 0 Å². The zero-order valence-corrected chi connectivity index (χ0v) is 10.9. The molecule has 0 aromatic rings. The van der Waals surface area contributed by atoms with Gasteiger partial charge in [-0.25, -0.2) is 0 Å². The molecule has 0 aromatic carbocycles. The number of hydrogen-bond acceptors (Lipinski definition) is 1. The summed E-state index contributed by atoms with van der Waals surface area (Å²) >= 11 is 0. The van der Waals surface area contributed by atoms with Crippen molar-refractivity contribution in [1.82, 2.24) is 0 Å². The monoisotopic (exact) mass is 224 g/mol. The molecule has 0 aromatic heterocycles. The molecule has 0 aliphatic heterocycles. The van der Waals surface area contributed by atoms with Gasteiger partial charge in [-0.15, -0.1) is 0 Å². The molecule has 2 nitrogen and oxygen atoms in total. The Kier molecular flexibility index (Phi) is 2.80. The van der Waals surface area contributed by atoms with Crippen molar-refractivity contribution in [3.05, 3.63) is 0 Å². The van der Waals surface area contributed by atoms with Gasteiger partial charge in [-0.05, 0) is 48.3 Å². The van der Waals surface area contributed by atoms with E-state index in [9.17, 15) is 9.90 Å². The summed E-state index contributed by atoms with van der Waals surface area (Å²) in [5.41, 5.74) is 0.394. The number of hydrogen-bond donors (Lipinski definition) is 1. The van der Waals surface area contributed by atoms with E-state index in [-0.39, 0.29) is 11.8 Å². The van der Waals surface area contributed by atoms with E-state index >= 15 is 0 Å². The summed E-state index contributed by atoms with van der Waals surface area (Å²) in [5.74, 6) is 1.46. The maximum atomic E-state index is 11.4. The van der Waals surface area contributed by atoms with Crippen molar-refractivity contribution < 1.29 is 9.90 Å². The molecule has 4 atom stereocenters.